The van der Waals surface area contributed by atoms with Crippen LogP contribution >= 0.6 is 0 Å². The summed E-state index contributed by atoms with van der Waals surface area (Å²) >= 11 is 0. The molecule has 0 aromatic rings. The van der Waals surface area contributed by atoms with Crippen LogP contribution in [0.25, 0.3) is 0 Å². The minimum absolute atomic E-state index is 0.0208. The lowest BCUT2D eigenvalue weighted by Gasteiger charge is -2.07. The highest BCUT2D eigenvalue weighted by Gasteiger charge is 2.14. The van der Waals surface area contributed by atoms with E-state index in [9.17, 15) is 4.79 Å². The van der Waals surface area contributed by atoms with Gasteiger partial charge >= 0.3 is 5.97 Å². The summed E-state index contributed by atoms with van der Waals surface area (Å²) in [5.74, 6) is -0.910. The summed E-state index contributed by atoms with van der Waals surface area (Å²) in [7, 11) is 1.86. The van der Waals surface area contributed by atoms with Gasteiger partial charge < -0.3 is 15.0 Å². The van der Waals surface area contributed by atoms with Gasteiger partial charge in [-0.25, -0.2) is 0 Å². The lowest BCUT2D eigenvalue weighted by atomic mass is 10.1. The van der Waals surface area contributed by atoms with Crippen molar-refractivity contribution >= 4 is 26.9 Å². The van der Waals surface area contributed by atoms with Gasteiger partial charge in [0.2, 0.25) is 0 Å². The highest BCUT2D eigenvalue weighted by atomic mass is 28.3. The lowest BCUT2D eigenvalue weighted by Crippen LogP contribution is -2.34. The van der Waals surface area contributed by atoms with Crippen molar-refractivity contribution in [3.63, 3.8) is 0 Å². The second-order valence-electron chi connectivity index (χ2n) is 2.52. The third-order valence-electron chi connectivity index (χ3n) is 1.00. The largest absolute Gasteiger partial charge is 0.480 e. The Hall–Kier alpha value is -0.176. The number of nitrogens with two attached hydrogens (primary N) is 1. The van der Waals surface area contributed by atoms with Crippen LogP contribution in [0.5, 0.6) is 0 Å². The molecule has 0 unspecified atom stereocenters. The number of aliphatic carboxylic acids is 1. The van der Waals surface area contributed by atoms with E-state index in [4.69, 9.17) is 10.8 Å². The number of rotatable bonds is 2. The summed E-state index contributed by atoms with van der Waals surface area (Å²) in [6.45, 7) is 3.55. The molecule has 0 aliphatic heterocycles. The monoisotopic (exact) mass is 195 g/mol. The first-order valence-corrected chi connectivity index (χ1v) is 4.99. The average molecular weight is 195 g/mol. The highest BCUT2D eigenvalue weighted by Crippen LogP contribution is 1.96. The first-order chi connectivity index (χ1) is 4.97. The van der Waals surface area contributed by atoms with Crippen molar-refractivity contribution in [1.82, 2.24) is 0 Å². The fourth-order valence-electron chi connectivity index (χ4n) is 0.285. The van der Waals surface area contributed by atoms with Gasteiger partial charge in [-0.15, -0.1) is 0 Å². The van der Waals surface area contributed by atoms with E-state index in [1.807, 2.05) is 0 Å². The molecule has 0 fully saturated rings. The fraction of sp³-hybridized carbons (Fsp3) is 0.800. The highest BCUT2D eigenvalue weighted by molar-refractivity contribution is 6.15. The molecule has 0 radical (unpaired) electrons. The average Bonchev–Trinajstić information content (AvgIpc) is 1.87. The molecule has 0 amide bonds. The Morgan fingerprint density at radius 3 is 1.82 bits per heavy atom. The van der Waals surface area contributed by atoms with Crippen molar-refractivity contribution in [3.8, 4) is 0 Å². The Balaban J connectivity index is 0. The van der Waals surface area contributed by atoms with Crippen LogP contribution in [0.4, 0.5) is 0 Å². The molecule has 6 heteroatoms. The molecule has 0 spiro atoms. The topological polar surface area (TPSA) is 72.6 Å². The fourth-order valence-corrected chi connectivity index (χ4v) is 0.285. The minimum atomic E-state index is -0.931. The number of carbonyl (C=O) groups is 1. The van der Waals surface area contributed by atoms with E-state index in [0.29, 0.717) is 0 Å². The predicted molar refractivity (Wildman–Crippen MR) is 51.4 cm³/mol. The van der Waals surface area contributed by atoms with Crippen LogP contribution < -0.4 is 5.73 Å². The molecule has 0 aromatic heterocycles. The molecule has 68 valence electrons. The van der Waals surface area contributed by atoms with E-state index >= 15 is 0 Å². The summed E-state index contributed by atoms with van der Waals surface area (Å²) in [4.78, 5) is 10.0. The van der Waals surface area contributed by atoms with Crippen molar-refractivity contribution in [1.29, 1.82) is 0 Å². The van der Waals surface area contributed by atoms with Crippen molar-refractivity contribution < 1.29 is 14.0 Å². The van der Waals surface area contributed by atoms with E-state index in [2.05, 4.69) is 4.12 Å². The Morgan fingerprint density at radius 2 is 1.82 bits per heavy atom. The van der Waals surface area contributed by atoms with Crippen LogP contribution in [0.2, 0.25) is 0 Å². The van der Waals surface area contributed by atoms with Crippen molar-refractivity contribution in [3.05, 3.63) is 0 Å². The zero-order valence-electron chi connectivity index (χ0n) is 7.50. The Morgan fingerprint density at radius 1 is 1.55 bits per heavy atom. The molecule has 0 saturated carbocycles. The van der Waals surface area contributed by atoms with Crippen LogP contribution in [0.1, 0.15) is 13.8 Å². The zero-order chi connectivity index (χ0) is 9.44. The van der Waals surface area contributed by atoms with Gasteiger partial charge in [0.05, 0.1) is 0 Å². The van der Waals surface area contributed by atoms with Gasteiger partial charge in [-0.3, -0.25) is 4.79 Å². The quantitative estimate of drug-likeness (QED) is 0.483. The maximum absolute atomic E-state index is 10.0. The van der Waals surface area contributed by atoms with Crippen LogP contribution in [0.15, 0.2) is 0 Å². The molecule has 0 rings (SSSR count). The second kappa shape index (κ2) is 7.93. The maximum Gasteiger partial charge on any atom is 0.320 e. The Kier molecular flexibility index (Phi) is 9.67. The van der Waals surface area contributed by atoms with E-state index in [-0.39, 0.29) is 5.92 Å². The number of hydrogen-bond acceptors (Lipinski definition) is 3. The molecule has 0 aliphatic carbocycles. The summed E-state index contributed by atoms with van der Waals surface area (Å²) in [5.41, 5.74) is 5.16. The summed E-state index contributed by atoms with van der Waals surface area (Å²) < 4.78 is 4.53. The molecule has 11 heavy (non-hydrogen) atoms. The zero-order valence-corrected chi connectivity index (χ0v) is 11.5. The number of carboxylic acid groups (broad SMARTS) is 1. The number of carboxylic acids is 1. The standard InChI is InChI=1S/C5H11NO2.H6OSi2/c1-3(2)4(6)5(7)8;2-1-3/h3-4H,6H2,1-2H3,(H,7,8);2-3H3/t4-;/m0./s1. The van der Waals surface area contributed by atoms with Gasteiger partial charge in [0.25, 0.3) is 0 Å². The van der Waals surface area contributed by atoms with Gasteiger partial charge in [-0.05, 0) is 5.92 Å². The van der Waals surface area contributed by atoms with Gasteiger partial charge in [0.15, 0.2) is 0 Å². The first kappa shape index (κ1) is 13.4. The van der Waals surface area contributed by atoms with E-state index < -0.39 is 12.0 Å². The molecule has 1 atom stereocenters. The van der Waals surface area contributed by atoms with E-state index in [0.717, 1.165) is 21.0 Å². The normalized spacial score (nSPS) is 12.4. The van der Waals surface area contributed by atoms with Gasteiger partial charge in [-0.2, -0.15) is 0 Å². The molecule has 0 aliphatic rings. The molecule has 0 aromatic carbocycles. The molecule has 0 saturated heterocycles. The van der Waals surface area contributed by atoms with Crippen molar-refractivity contribution in [2.45, 2.75) is 19.9 Å². The molecule has 0 bridgehead atoms. The Bertz CT molecular complexity index is 110. The van der Waals surface area contributed by atoms with Crippen LogP contribution in [-0.4, -0.2) is 38.1 Å². The summed E-state index contributed by atoms with van der Waals surface area (Å²) in [6.07, 6.45) is 0. The van der Waals surface area contributed by atoms with Gasteiger partial charge in [0.1, 0.15) is 27.0 Å². The minimum Gasteiger partial charge on any atom is -0.480 e. The van der Waals surface area contributed by atoms with E-state index in [1.165, 1.54) is 0 Å². The lowest BCUT2D eigenvalue weighted by molar-refractivity contribution is -0.139. The van der Waals surface area contributed by atoms with E-state index in [1.54, 1.807) is 13.8 Å². The summed E-state index contributed by atoms with van der Waals surface area (Å²) in [6, 6.07) is -0.713. The second-order valence-corrected chi connectivity index (χ2v) is 5.78. The molecule has 0 heterocycles. The smallest absolute Gasteiger partial charge is 0.320 e. The molecule has 3 N–H and O–H groups in total. The number of hydrogen-bond donors (Lipinski definition) is 2. The van der Waals surface area contributed by atoms with Crippen molar-refractivity contribution in [2.75, 3.05) is 0 Å². The first-order valence-electron chi connectivity index (χ1n) is 3.35. The van der Waals surface area contributed by atoms with Crippen LogP contribution in [0, 0.1) is 5.92 Å². The summed E-state index contributed by atoms with van der Waals surface area (Å²) in [5, 5.41) is 8.23. The van der Waals surface area contributed by atoms with Crippen molar-refractivity contribution in [2.24, 2.45) is 11.7 Å². The molecular weight excluding hydrogens is 178 g/mol. The van der Waals surface area contributed by atoms with Gasteiger partial charge in [0, 0.05) is 0 Å². The van der Waals surface area contributed by atoms with Gasteiger partial charge in [-0.1, -0.05) is 13.8 Å². The third kappa shape index (κ3) is 9.82. The van der Waals surface area contributed by atoms with Crippen LogP contribution in [0.3, 0.4) is 0 Å². The maximum atomic E-state index is 10.0. The SMILES string of the molecule is CC(C)[C@H](N)C(=O)O.[SiH3]O[SiH3]. The van der Waals surface area contributed by atoms with Crippen LogP contribution in [-0.2, 0) is 8.91 Å². The molecular formula is C5H17NO3Si2. The third-order valence-corrected chi connectivity index (χ3v) is 1.00. The molecule has 4 nitrogen and oxygen atoms in total. The predicted octanol–water partition coefficient (Wildman–Crippen LogP) is -2.38. The Labute approximate surface area is 73.2 Å².